The number of allylic oxidation sites excluding steroid dienone is 6. The maximum atomic E-state index is 12.9. The van der Waals surface area contributed by atoms with E-state index in [-0.39, 0.29) is 78.2 Å². The van der Waals surface area contributed by atoms with E-state index < -0.39 is 38.6 Å². The van der Waals surface area contributed by atoms with Gasteiger partial charge in [0, 0.05) is 32.5 Å². The first kappa shape index (κ1) is 90.3. The van der Waals surface area contributed by atoms with Crippen LogP contribution in [-0.4, -0.2) is 81.9 Å². The van der Waals surface area contributed by atoms with Crippen molar-refractivity contribution in [3.8, 4) is 0 Å². The third kappa shape index (κ3) is 30.3. The van der Waals surface area contributed by atoms with Crippen LogP contribution in [0.2, 0.25) is 36.3 Å². The highest BCUT2D eigenvalue weighted by molar-refractivity contribution is 9.10. The summed E-state index contributed by atoms with van der Waals surface area (Å²) in [5.74, 6) is -1.47. The van der Waals surface area contributed by atoms with Gasteiger partial charge in [-0.3, -0.25) is 0 Å². The molecule has 578 valence electrons. The lowest BCUT2D eigenvalue weighted by molar-refractivity contribution is -0.155. The van der Waals surface area contributed by atoms with Gasteiger partial charge in [0.25, 0.3) is 0 Å². The Kier molecular flexibility index (Phi) is 34.5. The Hall–Kier alpha value is -6.27. The fourth-order valence-electron chi connectivity index (χ4n) is 11.3. The molecule has 0 aromatic heterocycles. The molecule has 15 heteroatoms. The Labute approximate surface area is 651 Å². The SMILES string of the molecule is C.CC(C)(C)[Si](C)(C)O[C@H](Cc1ccc(Br)cc1)C(=O)OCc1ccccc1.CC1(C)CC=C(B2OC(C)(C)C(C)(C)O2)CC1.CC1(C)CC=C(c2ccc(C[C@@H](O)C(=O)OCc3ccccc3)cc2)CC1.CC1(C)CC=C(c2ccc(C[C@@H](O)C(=O)OCc3ccccc3)cc2)CC1.C[SiH](C)C(C)(C)C. The first-order chi connectivity index (χ1) is 49.0. The number of carbonyl (C=O) groups is 3. The number of carbonyl (C=O) groups excluding carboxylic acids is 3. The van der Waals surface area contributed by atoms with Gasteiger partial charge in [-0.05, 0) is 198 Å². The fourth-order valence-corrected chi connectivity index (χ4v) is 12.8. The summed E-state index contributed by atoms with van der Waals surface area (Å²) in [7, 11) is -2.60. The third-order valence-electron chi connectivity index (χ3n) is 21.8. The van der Waals surface area contributed by atoms with Gasteiger partial charge in [-0.2, -0.15) is 0 Å². The number of benzene rings is 6. The minimum Gasteiger partial charge on any atom is -0.459 e. The lowest BCUT2D eigenvalue weighted by atomic mass is 9.67. The van der Waals surface area contributed by atoms with E-state index in [1.807, 2.05) is 140 Å². The maximum Gasteiger partial charge on any atom is 0.490 e. The van der Waals surface area contributed by atoms with E-state index >= 15 is 0 Å². The molecule has 2 N–H and O–H groups in total. The normalized spacial score (nSPS) is 17.8. The second kappa shape index (κ2) is 40.4. The van der Waals surface area contributed by atoms with Crippen molar-refractivity contribution in [3.05, 3.63) is 236 Å². The average Bonchev–Trinajstić information content (AvgIpc) is 1.62. The van der Waals surface area contributed by atoms with Crippen LogP contribution in [0, 0.1) is 16.2 Å². The average molecular weight is 1550 g/mol. The van der Waals surface area contributed by atoms with E-state index in [9.17, 15) is 24.6 Å². The van der Waals surface area contributed by atoms with E-state index in [0.717, 1.165) is 76.4 Å². The Balaban J connectivity index is 0.000000248. The number of halogens is 1. The van der Waals surface area contributed by atoms with Gasteiger partial charge in [0.1, 0.15) is 25.9 Å². The smallest absolute Gasteiger partial charge is 0.459 e. The molecule has 0 unspecified atom stereocenters. The molecule has 1 fully saturated rings. The van der Waals surface area contributed by atoms with Crippen LogP contribution in [-0.2, 0) is 81.4 Å². The molecule has 0 radical (unpaired) electrons. The first-order valence-corrected chi connectivity index (χ1v) is 44.6. The molecule has 1 saturated heterocycles. The minimum atomic E-state index is -2.11. The molecule has 0 spiro atoms. The Morgan fingerprint density at radius 2 is 0.802 bits per heavy atom. The van der Waals surface area contributed by atoms with E-state index in [1.165, 1.54) is 47.0 Å². The lowest BCUT2D eigenvalue weighted by Crippen LogP contribution is -2.47. The minimum absolute atomic E-state index is 0. The molecular weight excluding hydrogens is 1420 g/mol. The molecule has 106 heavy (non-hydrogen) atoms. The number of rotatable bonds is 20. The summed E-state index contributed by atoms with van der Waals surface area (Å²) in [6.07, 6.45) is 15.4. The summed E-state index contributed by atoms with van der Waals surface area (Å²) >= 11 is 3.45. The number of aliphatic hydroxyl groups is 2. The van der Waals surface area contributed by atoms with Gasteiger partial charge in [-0.15, -0.1) is 0 Å². The number of esters is 3. The summed E-state index contributed by atoms with van der Waals surface area (Å²) in [6.45, 7) is 45.5. The zero-order valence-corrected chi connectivity index (χ0v) is 71.0. The summed E-state index contributed by atoms with van der Waals surface area (Å²) in [5.41, 5.74) is 13.1. The van der Waals surface area contributed by atoms with Crippen molar-refractivity contribution in [2.75, 3.05) is 0 Å². The number of hydrogen-bond donors (Lipinski definition) is 2. The molecule has 0 bridgehead atoms. The summed E-state index contributed by atoms with van der Waals surface area (Å²) in [5, 5.41) is 20.9. The molecule has 11 nitrogen and oxygen atoms in total. The van der Waals surface area contributed by atoms with Gasteiger partial charge in [0.15, 0.2) is 20.5 Å². The molecule has 1 aliphatic heterocycles. The van der Waals surface area contributed by atoms with E-state index in [0.29, 0.717) is 27.7 Å². The van der Waals surface area contributed by atoms with Crippen molar-refractivity contribution in [2.24, 2.45) is 16.2 Å². The summed E-state index contributed by atoms with van der Waals surface area (Å²) < 4.78 is 35.6. The number of ether oxygens (including phenoxy) is 3. The predicted molar refractivity (Wildman–Crippen MR) is 449 cm³/mol. The van der Waals surface area contributed by atoms with Gasteiger partial charge in [-0.1, -0.05) is 289 Å². The van der Waals surface area contributed by atoms with Gasteiger partial charge in [-0.25, -0.2) is 14.4 Å². The molecule has 3 aliphatic carbocycles. The zero-order chi connectivity index (χ0) is 77.6. The Morgan fingerprint density at radius 1 is 0.481 bits per heavy atom. The molecule has 1 heterocycles. The molecular formula is C91H130BBrO11Si2. The van der Waals surface area contributed by atoms with Crippen LogP contribution in [0.3, 0.4) is 0 Å². The highest BCUT2D eigenvalue weighted by Gasteiger charge is 2.52. The van der Waals surface area contributed by atoms with Crippen LogP contribution in [0.25, 0.3) is 11.1 Å². The fraction of sp³-hybridized carbons (Fsp3) is 0.505. The van der Waals surface area contributed by atoms with Gasteiger partial charge >= 0.3 is 25.0 Å². The van der Waals surface area contributed by atoms with E-state index in [4.69, 9.17) is 27.9 Å². The highest BCUT2D eigenvalue weighted by atomic mass is 79.9. The maximum absolute atomic E-state index is 12.9. The molecule has 4 aliphatic rings. The first-order valence-electron chi connectivity index (χ1n) is 38.0. The molecule has 6 aromatic rings. The zero-order valence-electron chi connectivity index (χ0n) is 67.3. The second-order valence-corrected chi connectivity index (χ2v) is 45.0. The molecule has 0 amide bonds. The van der Waals surface area contributed by atoms with Crippen molar-refractivity contribution >= 4 is 69.2 Å². The highest BCUT2D eigenvalue weighted by Crippen LogP contribution is 2.44. The monoisotopic (exact) mass is 1540 g/mol. The molecule has 10 rings (SSSR count). The summed E-state index contributed by atoms with van der Waals surface area (Å²) in [6, 6.07) is 53.0. The van der Waals surface area contributed by atoms with Crippen molar-refractivity contribution < 1.29 is 52.5 Å². The van der Waals surface area contributed by atoms with Crippen LogP contribution in [0.15, 0.2) is 192 Å². The standard InChI is InChI=1S/2C24H28O3.C22H29BrO3Si.C14H25BO2.C6H16Si.CH4/c2*1-24(2)14-12-21(13-15-24)20-10-8-18(9-11-20)16-22(25)23(26)27-17-19-6-4-3-5-7-19;1-22(2,3)27(4,5)26-20(15-17-11-13-19(23)14-12-17)21(24)25-16-18-9-7-6-8-10-18;1-12(2)9-7-11(8-10-12)15-16-13(3,4)14(5,6)17-15;1-6(2,3)7(4)5;/h2*3-12,22,25H,13-17H2,1-2H3;6-14,20H,15-16H2,1-5H3;7H,8-10H2,1-6H3;7H,1-5H3;1H4/t2*22-;20-;;;/m111.../s1. The van der Waals surface area contributed by atoms with Crippen molar-refractivity contribution in [1.29, 1.82) is 0 Å². The van der Waals surface area contributed by atoms with Crippen LogP contribution in [0.5, 0.6) is 0 Å². The largest absolute Gasteiger partial charge is 0.490 e. The van der Waals surface area contributed by atoms with Crippen LogP contribution in [0.4, 0.5) is 0 Å². The van der Waals surface area contributed by atoms with Crippen molar-refractivity contribution in [2.45, 2.75) is 281 Å². The van der Waals surface area contributed by atoms with Gasteiger partial charge < -0.3 is 38.2 Å². The Morgan fingerprint density at radius 3 is 1.11 bits per heavy atom. The third-order valence-corrected chi connectivity index (χ3v) is 30.3. The van der Waals surface area contributed by atoms with Crippen LogP contribution < -0.4 is 0 Å². The van der Waals surface area contributed by atoms with Crippen molar-refractivity contribution in [3.63, 3.8) is 0 Å². The molecule has 6 aromatic carbocycles. The summed E-state index contributed by atoms with van der Waals surface area (Å²) in [4.78, 5) is 36.9. The van der Waals surface area contributed by atoms with E-state index in [1.54, 1.807) is 0 Å². The van der Waals surface area contributed by atoms with Gasteiger partial charge in [0.05, 0.1) is 11.2 Å². The van der Waals surface area contributed by atoms with Crippen molar-refractivity contribution in [1.82, 2.24) is 0 Å². The quantitative estimate of drug-likeness (QED) is 0.0428. The molecule has 3 atom stereocenters. The van der Waals surface area contributed by atoms with Gasteiger partial charge in [0.2, 0.25) is 0 Å². The predicted octanol–water partition coefficient (Wildman–Crippen LogP) is 22.6. The van der Waals surface area contributed by atoms with Crippen LogP contribution in [0.1, 0.15) is 221 Å². The molecule has 0 saturated carbocycles. The topological polar surface area (TPSA) is 147 Å². The number of aliphatic hydroxyl groups excluding tert-OH is 2. The van der Waals surface area contributed by atoms with Crippen LogP contribution >= 0.6 is 15.9 Å². The Bertz CT molecular complexity index is 3600. The lowest BCUT2D eigenvalue weighted by Gasteiger charge is -2.38. The second-order valence-electron chi connectivity index (χ2n) is 35.3. The number of hydrogen-bond acceptors (Lipinski definition) is 11. The van der Waals surface area contributed by atoms with E-state index in [2.05, 4.69) is 195 Å².